The standard InChI is InChI=1S/C14H13ClN2O3S/c1-21(19,20)11-4-2-3-10(8-11)17-14(18)9-5-6-13(16)12(15)7-9/h2-8H,16H2,1H3,(H,17,18). The van der Waals surface area contributed by atoms with Gasteiger partial charge in [-0.3, -0.25) is 4.79 Å². The molecule has 5 nitrogen and oxygen atoms in total. The number of carbonyl (C=O) groups excluding carboxylic acids is 1. The largest absolute Gasteiger partial charge is 0.398 e. The van der Waals surface area contributed by atoms with Crippen molar-refractivity contribution in [2.75, 3.05) is 17.3 Å². The molecule has 0 saturated carbocycles. The van der Waals surface area contributed by atoms with Crippen molar-refractivity contribution in [1.82, 2.24) is 0 Å². The lowest BCUT2D eigenvalue weighted by molar-refractivity contribution is 0.102. The monoisotopic (exact) mass is 324 g/mol. The fraction of sp³-hybridized carbons (Fsp3) is 0.0714. The van der Waals surface area contributed by atoms with E-state index in [0.717, 1.165) is 6.26 Å². The number of nitrogens with two attached hydrogens (primary N) is 1. The summed E-state index contributed by atoms with van der Waals surface area (Å²) in [6, 6.07) is 10.5. The second kappa shape index (κ2) is 5.75. The van der Waals surface area contributed by atoms with Crippen LogP contribution in [-0.2, 0) is 9.84 Å². The molecule has 1 amide bonds. The van der Waals surface area contributed by atoms with Crippen LogP contribution in [0.4, 0.5) is 11.4 Å². The van der Waals surface area contributed by atoms with E-state index >= 15 is 0 Å². The number of anilines is 2. The molecule has 0 aliphatic carbocycles. The molecule has 2 rings (SSSR count). The van der Waals surface area contributed by atoms with E-state index in [2.05, 4.69) is 5.32 Å². The molecule has 0 spiro atoms. The summed E-state index contributed by atoms with van der Waals surface area (Å²) in [6.07, 6.45) is 1.10. The van der Waals surface area contributed by atoms with Crippen LogP contribution >= 0.6 is 11.6 Å². The van der Waals surface area contributed by atoms with Crippen molar-refractivity contribution in [3.05, 3.63) is 53.1 Å². The zero-order valence-electron chi connectivity index (χ0n) is 11.1. The number of carbonyl (C=O) groups is 1. The van der Waals surface area contributed by atoms with Crippen molar-refractivity contribution in [1.29, 1.82) is 0 Å². The van der Waals surface area contributed by atoms with Crippen LogP contribution in [0.2, 0.25) is 5.02 Å². The third-order valence-electron chi connectivity index (χ3n) is 2.78. The maximum Gasteiger partial charge on any atom is 0.255 e. The Balaban J connectivity index is 2.25. The Kier molecular flexibility index (Phi) is 4.20. The van der Waals surface area contributed by atoms with Gasteiger partial charge in [-0.2, -0.15) is 0 Å². The number of nitrogens with one attached hydrogen (secondary N) is 1. The Morgan fingerprint density at radius 3 is 2.52 bits per heavy atom. The van der Waals surface area contributed by atoms with Gasteiger partial charge in [-0.25, -0.2) is 8.42 Å². The Hall–Kier alpha value is -2.05. The summed E-state index contributed by atoms with van der Waals surface area (Å²) in [5.74, 6) is -0.400. The topological polar surface area (TPSA) is 89.3 Å². The summed E-state index contributed by atoms with van der Waals surface area (Å²) in [4.78, 5) is 12.2. The first-order valence-electron chi connectivity index (χ1n) is 5.94. The van der Waals surface area contributed by atoms with Crippen molar-refractivity contribution in [2.24, 2.45) is 0 Å². The third kappa shape index (κ3) is 3.74. The first-order chi connectivity index (χ1) is 9.77. The second-order valence-corrected chi connectivity index (χ2v) is 6.91. The van der Waals surface area contributed by atoms with Crippen molar-refractivity contribution < 1.29 is 13.2 Å². The van der Waals surface area contributed by atoms with E-state index in [1.165, 1.54) is 30.3 Å². The highest BCUT2D eigenvalue weighted by Crippen LogP contribution is 2.21. The molecule has 7 heteroatoms. The number of sulfone groups is 1. The number of hydrogen-bond acceptors (Lipinski definition) is 4. The van der Waals surface area contributed by atoms with Gasteiger partial charge in [0, 0.05) is 17.5 Å². The van der Waals surface area contributed by atoms with Crippen molar-refractivity contribution in [2.45, 2.75) is 4.90 Å². The van der Waals surface area contributed by atoms with Gasteiger partial charge in [-0.15, -0.1) is 0 Å². The van der Waals surface area contributed by atoms with Gasteiger partial charge in [0.25, 0.3) is 5.91 Å². The normalized spacial score (nSPS) is 11.1. The van der Waals surface area contributed by atoms with Gasteiger partial charge in [-0.05, 0) is 36.4 Å². The maximum atomic E-state index is 12.1. The molecule has 0 unspecified atom stereocenters. The van der Waals surface area contributed by atoms with Gasteiger partial charge < -0.3 is 11.1 Å². The first-order valence-corrected chi connectivity index (χ1v) is 8.21. The molecule has 0 aliphatic rings. The van der Waals surface area contributed by atoms with Gasteiger partial charge in [0.05, 0.1) is 15.6 Å². The quantitative estimate of drug-likeness (QED) is 0.849. The lowest BCUT2D eigenvalue weighted by Gasteiger charge is -2.08. The summed E-state index contributed by atoms with van der Waals surface area (Å²) in [6.45, 7) is 0. The molecule has 0 radical (unpaired) electrons. The molecule has 21 heavy (non-hydrogen) atoms. The lowest BCUT2D eigenvalue weighted by atomic mass is 10.2. The Labute approximate surface area is 127 Å². The number of hydrogen-bond donors (Lipinski definition) is 2. The highest BCUT2D eigenvalue weighted by molar-refractivity contribution is 7.90. The van der Waals surface area contributed by atoms with E-state index in [1.54, 1.807) is 12.1 Å². The molecule has 110 valence electrons. The van der Waals surface area contributed by atoms with E-state index in [1.807, 2.05) is 0 Å². The number of halogens is 1. The first kappa shape index (κ1) is 15.3. The number of nitrogen functional groups attached to an aromatic ring is 1. The molecule has 0 fully saturated rings. The Morgan fingerprint density at radius 2 is 1.90 bits per heavy atom. The van der Waals surface area contributed by atoms with Gasteiger partial charge >= 0.3 is 0 Å². The number of rotatable bonds is 3. The summed E-state index contributed by atoms with van der Waals surface area (Å²) in [7, 11) is -3.33. The minimum Gasteiger partial charge on any atom is -0.398 e. The van der Waals surface area contributed by atoms with Crippen LogP contribution in [0.5, 0.6) is 0 Å². The number of benzene rings is 2. The van der Waals surface area contributed by atoms with Crippen LogP contribution in [0.15, 0.2) is 47.4 Å². The van der Waals surface area contributed by atoms with Gasteiger partial charge in [0.1, 0.15) is 0 Å². The minimum absolute atomic E-state index is 0.135. The molecule has 0 heterocycles. The van der Waals surface area contributed by atoms with E-state index in [-0.39, 0.29) is 9.92 Å². The van der Waals surface area contributed by atoms with Crippen molar-refractivity contribution >= 4 is 38.7 Å². The molecular weight excluding hydrogens is 312 g/mol. The highest BCUT2D eigenvalue weighted by atomic mass is 35.5. The van der Waals surface area contributed by atoms with Crippen LogP contribution in [0.25, 0.3) is 0 Å². The third-order valence-corrected chi connectivity index (χ3v) is 4.22. The average Bonchev–Trinajstić information content (AvgIpc) is 2.41. The zero-order chi connectivity index (χ0) is 15.6. The van der Waals surface area contributed by atoms with Gasteiger partial charge in [0.2, 0.25) is 0 Å². The zero-order valence-corrected chi connectivity index (χ0v) is 12.7. The molecule has 2 aromatic rings. The maximum absolute atomic E-state index is 12.1. The summed E-state index contributed by atoms with van der Waals surface area (Å²) >= 11 is 5.86. The Morgan fingerprint density at radius 1 is 1.19 bits per heavy atom. The number of amides is 1. The molecule has 2 aromatic carbocycles. The summed E-state index contributed by atoms with van der Waals surface area (Å²) < 4.78 is 23.0. The predicted molar refractivity (Wildman–Crippen MR) is 83.4 cm³/mol. The van der Waals surface area contributed by atoms with Crippen molar-refractivity contribution in [3.63, 3.8) is 0 Å². The molecule has 0 bridgehead atoms. The minimum atomic E-state index is -3.33. The molecule has 0 atom stereocenters. The van der Waals surface area contributed by atoms with Crippen LogP contribution in [-0.4, -0.2) is 20.6 Å². The fourth-order valence-corrected chi connectivity index (χ4v) is 2.52. The molecule has 3 N–H and O–H groups in total. The summed E-state index contributed by atoms with van der Waals surface area (Å²) in [5, 5.41) is 2.90. The van der Waals surface area contributed by atoms with Gasteiger partial charge in [-0.1, -0.05) is 17.7 Å². The van der Waals surface area contributed by atoms with Crippen LogP contribution in [0, 0.1) is 0 Å². The average molecular weight is 325 g/mol. The summed E-state index contributed by atoms with van der Waals surface area (Å²) in [5.41, 5.74) is 6.68. The predicted octanol–water partition coefficient (Wildman–Crippen LogP) is 2.58. The van der Waals surface area contributed by atoms with Gasteiger partial charge in [0.15, 0.2) is 9.84 Å². The van der Waals surface area contributed by atoms with Crippen LogP contribution in [0.1, 0.15) is 10.4 Å². The van der Waals surface area contributed by atoms with E-state index in [0.29, 0.717) is 16.9 Å². The molecule has 0 aromatic heterocycles. The molecule has 0 aliphatic heterocycles. The van der Waals surface area contributed by atoms with Crippen LogP contribution < -0.4 is 11.1 Å². The van der Waals surface area contributed by atoms with E-state index in [4.69, 9.17) is 17.3 Å². The SMILES string of the molecule is CS(=O)(=O)c1cccc(NC(=O)c2ccc(N)c(Cl)c2)c1. The highest BCUT2D eigenvalue weighted by Gasteiger charge is 2.11. The fourth-order valence-electron chi connectivity index (χ4n) is 1.68. The molecule has 0 saturated heterocycles. The lowest BCUT2D eigenvalue weighted by Crippen LogP contribution is -2.12. The smallest absolute Gasteiger partial charge is 0.255 e. The Bertz CT molecular complexity index is 804. The second-order valence-electron chi connectivity index (χ2n) is 4.49. The van der Waals surface area contributed by atoms with E-state index < -0.39 is 15.7 Å². The van der Waals surface area contributed by atoms with Crippen LogP contribution in [0.3, 0.4) is 0 Å². The molecular formula is C14H13ClN2O3S. The van der Waals surface area contributed by atoms with Crippen molar-refractivity contribution in [3.8, 4) is 0 Å². The van der Waals surface area contributed by atoms with E-state index in [9.17, 15) is 13.2 Å².